The van der Waals surface area contributed by atoms with Crippen LogP contribution in [0.15, 0.2) is 85.1 Å². The molecule has 452 valence electrons. The van der Waals surface area contributed by atoms with Gasteiger partial charge < -0.3 is 39.0 Å². The maximum absolute atomic E-state index is 13.2. The third kappa shape index (κ3) is 44.3. The first-order valence-corrected chi connectivity index (χ1v) is 31.6. The van der Waals surface area contributed by atoms with E-state index >= 15 is 0 Å². The van der Waals surface area contributed by atoms with Crippen molar-refractivity contribution >= 4 is 23.9 Å². The van der Waals surface area contributed by atoms with Gasteiger partial charge in [0, 0.05) is 12.8 Å². The van der Waals surface area contributed by atoms with Crippen LogP contribution in [-0.4, -0.2) is 89.2 Å². The third-order valence-electron chi connectivity index (χ3n) is 14.0. The highest BCUT2D eigenvalue weighted by atomic mass is 16.7. The average molecular weight is 1110 g/mol. The summed E-state index contributed by atoms with van der Waals surface area (Å²) in [6.45, 7) is 5.78. The first-order valence-electron chi connectivity index (χ1n) is 31.6. The maximum Gasteiger partial charge on any atom is 0.335 e. The Kier molecular flexibility index (Phi) is 50.3. The van der Waals surface area contributed by atoms with E-state index in [-0.39, 0.29) is 25.9 Å². The van der Waals surface area contributed by atoms with E-state index in [0.29, 0.717) is 19.3 Å². The van der Waals surface area contributed by atoms with E-state index in [2.05, 4.69) is 87.6 Å². The molecule has 0 aliphatic carbocycles. The Bertz CT molecular complexity index is 1700. The van der Waals surface area contributed by atoms with Crippen LogP contribution < -0.4 is 0 Å². The number of carbonyl (C=O) groups is 4. The topological polar surface area (TPSA) is 175 Å². The van der Waals surface area contributed by atoms with E-state index in [1.807, 2.05) is 12.2 Å². The number of allylic oxidation sites excluding steroid dienone is 13. The number of carboxylic acid groups (broad SMARTS) is 1. The van der Waals surface area contributed by atoms with Crippen molar-refractivity contribution in [3.63, 3.8) is 0 Å². The predicted octanol–water partition coefficient (Wildman–Crippen LogP) is 16.7. The summed E-state index contributed by atoms with van der Waals surface area (Å²) in [6.07, 6.45) is 58.6. The van der Waals surface area contributed by atoms with Crippen LogP contribution in [0.25, 0.3) is 0 Å². The lowest BCUT2D eigenvalue weighted by molar-refractivity contribution is -0.301. The Morgan fingerprint density at radius 2 is 0.835 bits per heavy atom. The smallest absolute Gasteiger partial charge is 0.335 e. The molecule has 0 spiro atoms. The van der Waals surface area contributed by atoms with E-state index < -0.39 is 67.3 Å². The Hall–Kier alpha value is -4.10. The highest BCUT2D eigenvalue weighted by Crippen LogP contribution is 2.26. The van der Waals surface area contributed by atoms with Crippen LogP contribution in [0.1, 0.15) is 265 Å². The summed E-state index contributed by atoms with van der Waals surface area (Å²) in [7, 11) is 0. The molecular weight excluding hydrogens is 997 g/mol. The summed E-state index contributed by atoms with van der Waals surface area (Å²) in [5.41, 5.74) is 0. The quantitative estimate of drug-likeness (QED) is 0.0228. The highest BCUT2D eigenvalue weighted by Gasteiger charge is 2.50. The largest absolute Gasteiger partial charge is 0.479 e. The number of rotatable bonds is 53. The van der Waals surface area contributed by atoms with Gasteiger partial charge in [-0.2, -0.15) is 0 Å². The molecule has 6 unspecified atom stereocenters. The van der Waals surface area contributed by atoms with Gasteiger partial charge in [-0.3, -0.25) is 14.4 Å². The summed E-state index contributed by atoms with van der Waals surface area (Å²) in [5, 5.41) is 31.6. The molecule has 0 radical (unpaired) electrons. The molecule has 1 saturated heterocycles. The molecule has 12 heteroatoms. The van der Waals surface area contributed by atoms with Crippen LogP contribution in [0.3, 0.4) is 0 Å². The van der Waals surface area contributed by atoms with Gasteiger partial charge in [0.05, 0.1) is 13.0 Å². The molecule has 0 aromatic carbocycles. The number of esters is 3. The van der Waals surface area contributed by atoms with E-state index in [1.165, 1.54) is 109 Å². The Labute approximate surface area is 480 Å². The van der Waals surface area contributed by atoms with E-state index in [0.717, 1.165) is 96.3 Å². The molecule has 1 heterocycles. The zero-order valence-electron chi connectivity index (χ0n) is 49.8. The number of aliphatic hydroxyl groups excluding tert-OH is 2. The minimum Gasteiger partial charge on any atom is -0.479 e. The van der Waals surface area contributed by atoms with Gasteiger partial charge in [0.25, 0.3) is 0 Å². The molecule has 0 bridgehead atoms. The van der Waals surface area contributed by atoms with Crippen molar-refractivity contribution in [3.05, 3.63) is 85.1 Å². The van der Waals surface area contributed by atoms with Gasteiger partial charge in [0.1, 0.15) is 18.8 Å². The molecule has 6 atom stereocenters. The van der Waals surface area contributed by atoms with Crippen LogP contribution in [0.5, 0.6) is 0 Å². The van der Waals surface area contributed by atoms with Crippen molar-refractivity contribution in [1.29, 1.82) is 0 Å². The first kappa shape index (κ1) is 72.9. The number of aliphatic hydroxyl groups is 2. The van der Waals surface area contributed by atoms with E-state index in [4.69, 9.17) is 23.7 Å². The van der Waals surface area contributed by atoms with Crippen LogP contribution in [0.2, 0.25) is 0 Å². The summed E-state index contributed by atoms with van der Waals surface area (Å²) < 4.78 is 28.4. The normalized spacial score (nSPS) is 18.4. The van der Waals surface area contributed by atoms with Gasteiger partial charge in [-0.1, -0.05) is 254 Å². The van der Waals surface area contributed by atoms with Gasteiger partial charge in [-0.05, 0) is 77.0 Å². The molecule has 0 amide bonds. The number of carbonyl (C=O) groups excluding carboxylic acids is 3. The molecule has 1 aliphatic heterocycles. The second-order valence-corrected chi connectivity index (χ2v) is 21.3. The van der Waals surface area contributed by atoms with Crippen molar-refractivity contribution in [3.8, 4) is 0 Å². The lowest BCUT2D eigenvalue weighted by Crippen LogP contribution is -2.61. The molecule has 1 rings (SSSR count). The van der Waals surface area contributed by atoms with Crippen LogP contribution in [-0.2, 0) is 42.9 Å². The van der Waals surface area contributed by atoms with Gasteiger partial charge in [0.15, 0.2) is 24.6 Å². The van der Waals surface area contributed by atoms with Crippen LogP contribution in [0, 0.1) is 0 Å². The van der Waals surface area contributed by atoms with Gasteiger partial charge in [-0.25, -0.2) is 4.79 Å². The minimum atomic E-state index is -1.92. The standard InChI is InChI=1S/C67H112O12/c1-4-7-10-13-16-19-22-25-28-29-30-31-34-37-40-43-46-49-52-55-61(70)78-65-63(72)62(71)64(66(73)74)79-67(65)76-57-58(77-60(69)54-51-48-45-42-39-36-33-27-24-21-18-15-12-9-6-3)56-75-59(68)53-50-47-44-41-38-35-32-26-23-20-17-14-11-8-5-2/h8,11,17-18,20-21,26-27,32-33,38,41,47,50,58,62-65,67,71-72H,4-7,9-10,12-16,19,22-25,28-31,34-37,39-40,42-46,48-49,51-57H2,1-3H3,(H,73,74)/b11-8-,20-17-,21-18-,32-26-,33-27-,41-38-,50-47-. The first-order chi connectivity index (χ1) is 38.6. The summed E-state index contributed by atoms with van der Waals surface area (Å²) in [4.78, 5) is 51.2. The number of unbranched alkanes of at least 4 members (excludes halogenated alkanes) is 26. The fraction of sp³-hybridized carbons (Fsp3) is 0.731. The Morgan fingerprint density at radius 1 is 0.443 bits per heavy atom. The average Bonchev–Trinajstić information content (AvgIpc) is 3.46. The Balaban J connectivity index is 2.70. The van der Waals surface area contributed by atoms with E-state index in [9.17, 15) is 34.5 Å². The van der Waals surface area contributed by atoms with Crippen LogP contribution >= 0.6 is 0 Å². The second kappa shape index (κ2) is 54.5. The zero-order valence-corrected chi connectivity index (χ0v) is 49.8. The number of ether oxygens (including phenoxy) is 5. The number of hydrogen-bond donors (Lipinski definition) is 3. The van der Waals surface area contributed by atoms with Crippen molar-refractivity contribution in [2.45, 2.75) is 302 Å². The SMILES string of the molecule is CC/C=C\C/C=C\C/C=C\C/C=C\C/C=C\CC(=O)OCC(COC1OC(C(=O)O)C(O)C(O)C1OC(=O)CCCCCCCCCCCCCCCCCCCCC)OC(=O)CCCCCCC/C=C\C/C=C\CCCCC. The monoisotopic (exact) mass is 1110 g/mol. The summed E-state index contributed by atoms with van der Waals surface area (Å²) >= 11 is 0. The highest BCUT2D eigenvalue weighted by molar-refractivity contribution is 5.74. The Morgan fingerprint density at radius 3 is 1.30 bits per heavy atom. The maximum atomic E-state index is 13.2. The molecule has 12 nitrogen and oxygen atoms in total. The lowest BCUT2D eigenvalue weighted by atomic mass is 9.98. The molecule has 3 N–H and O–H groups in total. The molecule has 0 saturated carbocycles. The molecule has 79 heavy (non-hydrogen) atoms. The molecule has 0 aromatic rings. The van der Waals surface area contributed by atoms with Gasteiger partial charge in [0.2, 0.25) is 0 Å². The van der Waals surface area contributed by atoms with Crippen molar-refractivity contribution in [1.82, 2.24) is 0 Å². The third-order valence-corrected chi connectivity index (χ3v) is 14.0. The fourth-order valence-electron chi connectivity index (χ4n) is 9.18. The van der Waals surface area contributed by atoms with Gasteiger partial charge >= 0.3 is 23.9 Å². The summed E-state index contributed by atoms with van der Waals surface area (Å²) in [5.74, 6) is -3.29. The van der Waals surface area contributed by atoms with Crippen molar-refractivity contribution in [2.24, 2.45) is 0 Å². The van der Waals surface area contributed by atoms with Crippen LogP contribution in [0.4, 0.5) is 0 Å². The summed E-state index contributed by atoms with van der Waals surface area (Å²) in [6, 6.07) is 0. The number of carboxylic acids is 1. The van der Waals surface area contributed by atoms with Gasteiger partial charge in [-0.15, -0.1) is 0 Å². The fourth-order valence-corrected chi connectivity index (χ4v) is 9.18. The molecular formula is C67H112O12. The van der Waals surface area contributed by atoms with Crippen molar-refractivity contribution in [2.75, 3.05) is 13.2 Å². The number of aliphatic carboxylic acids is 1. The zero-order chi connectivity index (χ0) is 57.5. The predicted molar refractivity (Wildman–Crippen MR) is 321 cm³/mol. The van der Waals surface area contributed by atoms with E-state index in [1.54, 1.807) is 6.08 Å². The minimum absolute atomic E-state index is 0.0192. The van der Waals surface area contributed by atoms with Crippen molar-refractivity contribution < 1.29 is 58.2 Å². The molecule has 1 aliphatic rings. The number of hydrogen-bond acceptors (Lipinski definition) is 11. The molecule has 0 aromatic heterocycles. The second-order valence-electron chi connectivity index (χ2n) is 21.3. The lowest BCUT2D eigenvalue weighted by Gasteiger charge is -2.40. The molecule has 1 fully saturated rings.